The van der Waals surface area contributed by atoms with Crippen LogP contribution in [-0.4, -0.2) is 16.3 Å². The molecule has 1 aliphatic heterocycles. The molecule has 13 heavy (non-hydrogen) atoms. The van der Waals surface area contributed by atoms with Crippen molar-refractivity contribution in [2.24, 2.45) is 0 Å². The zero-order valence-corrected chi connectivity index (χ0v) is 6.77. The molecule has 2 unspecified atom stereocenters. The second-order valence-electron chi connectivity index (χ2n) is 3.33. The molecule has 1 aromatic carbocycles. The Bertz CT molecular complexity index is 411. The predicted octanol–water partition coefficient (Wildman–Crippen LogP) is 0.963. The van der Waals surface area contributed by atoms with Gasteiger partial charge in [0.25, 0.3) is 0 Å². The minimum atomic E-state index is -1.18. The monoisotopic (exact) mass is 176 g/mol. The van der Waals surface area contributed by atoms with E-state index in [4.69, 9.17) is 4.74 Å². The van der Waals surface area contributed by atoms with Crippen molar-refractivity contribution in [2.45, 2.75) is 11.9 Å². The van der Waals surface area contributed by atoms with Gasteiger partial charge < -0.3 is 14.9 Å². The van der Waals surface area contributed by atoms with Gasteiger partial charge in [0.15, 0.2) is 0 Å². The summed E-state index contributed by atoms with van der Waals surface area (Å²) in [4.78, 5) is 0. The van der Waals surface area contributed by atoms with E-state index < -0.39 is 5.79 Å². The first-order valence-electron chi connectivity index (χ1n) is 4.13. The summed E-state index contributed by atoms with van der Waals surface area (Å²) in [5, 5.41) is 19.3. The number of aromatic hydroxyl groups is 1. The minimum Gasteiger partial charge on any atom is -0.507 e. The molecule has 3 rings (SSSR count). The predicted molar refractivity (Wildman–Crippen MR) is 45.9 cm³/mol. The maximum atomic E-state index is 9.84. The third kappa shape index (κ3) is 0.753. The van der Waals surface area contributed by atoms with Crippen LogP contribution in [0.1, 0.15) is 11.1 Å². The first kappa shape index (κ1) is 7.12. The molecule has 1 aromatic rings. The fraction of sp³-hybridized carbons (Fsp3) is 0.200. The van der Waals surface area contributed by atoms with E-state index in [1.165, 1.54) is 0 Å². The summed E-state index contributed by atoms with van der Waals surface area (Å²) in [6.45, 7) is 0. The van der Waals surface area contributed by atoms with E-state index in [1.54, 1.807) is 30.4 Å². The number of ether oxygens (including phenoxy) is 1. The third-order valence-corrected chi connectivity index (χ3v) is 2.54. The van der Waals surface area contributed by atoms with Crippen LogP contribution in [-0.2, 0) is 10.5 Å². The summed E-state index contributed by atoms with van der Waals surface area (Å²) in [5.74, 6) is -1.00. The summed E-state index contributed by atoms with van der Waals surface area (Å²) < 4.78 is 5.10. The van der Waals surface area contributed by atoms with Gasteiger partial charge in [0.05, 0.1) is 0 Å². The van der Waals surface area contributed by atoms with Crippen molar-refractivity contribution in [3.05, 3.63) is 35.4 Å². The number of phenolic OH excluding ortho intramolecular Hbond substituents is 1. The first-order chi connectivity index (χ1) is 6.22. The van der Waals surface area contributed by atoms with Gasteiger partial charge in [0, 0.05) is 11.1 Å². The standard InChI is InChI=1S/C10H8O3/c11-8-3-1-2-7-6(8)4-5-9-10(7,12)13-9/h1-5,9,11-12H. The highest BCUT2D eigenvalue weighted by Gasteiger charge is 2.58. The average Bonchev–Trinajstić information content (AvgIpc) is 2.78. The molecule has 0 spiro atoms. The van der Waals surface area contributed by atoms with E-state index in [-0.39, 0.29) is 11.9 Å². The van der Waals surface area contributed by atoms with Crippen LogP contribution < -0.4 is 0 Å². The molecule has 2 aliphatic rings. The molecule has 0 amide bonds. The molecule has 3 nitrogen and oxygen atoms in total. The normalized spacial score (nSPS) is 33.8. The van der Waals surface area contributed by atoms with Gasteiger partial charge in [-0.1, -0.05) is 18.2 Å². The summed E-state index contributed by atoms with van der Waals surface area (Å²) in [7, 11) is 0. The Morgan fingerprint density at radius 1 is 1.38 bits per heavy atom. The molecule has 2 N–H and O–H groups in total. The van der Waals surface area contributed by atoms with Gasteiger partial charge in [-0.2, -0.15) is 0 Å². The zero-order chi connectivity index (χ0) is 9.05. The van der Waals surface area contributed by atoms with E-state index in [9.17, 15) is 10.2 Å². The Morgan fingerprint density at radius 3 is 3.08 bits per heavy atom. The van der Waals surface area contributed by atoms with E-state index in [1.807, 2.05) is 0 Å². The van der Waals surface area contributed by atoms with E-state index in [2.05, 4.69) is 0 Å². The van der Waals surface area contributed by atoms with Gasteiger partial charge in [-0.3, -0.25) is 0 Å². The number of fused-ring (bicyclic) bond motifs is 3. The Hall–Kier alpha value is -1.32. The quantitative estimate of drug-likeness (QED) is 0.579. The molecule has 0 saturated carbocycles. The highest BCUT2D eigenvalue weighted by Crippen LogP contribution is 2.50. The second kappa shape index (κ2) is 1.95. The number of hydrogen-bond donors (Lipinski definition) is 2. The third-order valence-electron chi connectivity index (χ3n) is 2.54. The second-order valence-corrected chi connectivity index (χ2v) is 3.33. The molecule has 0 aromatic heterocycles. The van der Waals surface area contributed by atoms with E-state index in [0.29, 0.717) is 11.1 Å². The zero-order valence-electron chi connectivity index (χ0n) is 6.77. The lowest BCUT2D eigenvalue weighted by Gasteiger charge is -2.13. The van der Waals surface area contributed by atoms with Crippen molar-refractivity contribution in [2.75, 3.05) is 0 Å². The summed E-state index contributed by atoms with van der Waals surface area (Å²) in [6, 6.07) is 5.05. The summed E-state index contributed by atoms with van der Waals surface area (Å²) in [5.41, 5.74) is 1.30. The first-order valence-corrected chi connectivity index (χ1v) is 4.13. The molecule has 2 atom stereocenters. The van der Waals surface area contributed by atoms with Gasteiger partial charge in [0.1, 0.15) is 11.9 Å². The lowest BCUT2D eigenvalue weighted by Crippen LogP contribution is -2.14. The van der Waals surface area contributed by atoms with Gasteiger partial charge in [-0.05, 0) is 12.1 Å². The smallest absolute Gasteiger partial charge is 0.225 e. The molecular weight excluding hydrogens is 168 g/mol. The lowest BCUT2D eigenvalue weighted by atomic mass is 9.94. The Morgan fingerprint density at radius 2 is 2.23 bits per heavy atom. The molecular formula is C10H8O3. The summed E-state index contributed by atoms with van der Waals surface area (Å²) >= 11 is 0. The highest BCUT2D eigenvalue weighted by atomic mass is 16.7. The van der Waals surface area contributed by atoms with Crippen LogP contribution in [0.5, 0.6) is 5.75 Å². The molecule has 0 bridgehead atoms. The molecule has 0 radical (unpaired) electrons. The van der Waals surface area contributed by atoms with Crippen molar-refractivity contribution < 1.29 is 14.9 Å². The molecule has 1 heterocycles. The van der Waals surface area contributed by atoms with Crippen molar-refractivity contribution in [1.82, 2.24) is 0 Å². The van der Waals surface area contributed by atoms with Crippen LogP contribution in [0.2, 0.25) is 0 Å². The Kier molecular flexibility index (Phi) is 1.07. The maximum Gasteiger partial charge on any atom is 0.225 e. The van der Waals surface area contributed by atoms with Crippen LogP contribution in [0, 0.1) is 0 Å². The van der Waals surface area contributed by atoms with Crippen LogP contribution in [0.25, 0.3) is 6.08 Å². The molecule has 1 saturated heterocycles. The SMILES string of the molecule is Oc1cccc2c1C=CC1OC21O. The number of phenols is 1. The topological polar surface area (TPSA) is 53.0 Å². The van der Waals surface area contributed by atoms with E-state index >= 15 is 0 Å². The van der Waals surface area contributed by atoms with Crippen LogP contribution in [0.3, 0.4) is 0 Å². The average molecular weight is 176 g/mol. The minimum absolute atomic E-state index is 0.177. The van der Waals surface area contributed by atoms with Crippen LogP contribution in [0.4, 0.5) is 0 Å². The van der Waals surface area contributed by atoms with Gasteiger partial charge in [-0.15, -0.1) is 0 Å². The Balaban J connectivity index is 2.29. The Labute approximate surface area is 74.9 Å². The van der Waals surface area contributed by atoms with E-state index in [0.717, 1.165) is 0 Å². The lowest BCUT2D eigenvalue weighted by molar-refractivity contribution is 0.0329. The van der Waals surface area contributed by atoms with Crippen LogP contribution in [0.15, 0.2) is 24.3 Å². The van der Waals surface area contributed by atoms with Crippen molar-refractivity contribution >= 4 is 6.08 Å². The fourth-order valence-corrected chi connectivity index (χ4v) is 1.77. The van der Waals surface area contributed by atoms with Gasteiger partial charge in [-0.25, -0.2) is 0 Å². The van der Waals surface area contributed by atoms with Crippen LogP contribution >= 0.6 is 0 Å². The van der Waals surface area contributed by atoms with Crippen molar-refractivity contribution in [1.29, 1.82) is 0 Å². The number of rotatable bonds is 0. The molecule has 66 valence electrons. The largest absolute Gasteiger partial charge is 0.507 e. The molecule has 1 fully saturated rings. The highest BCUT2D eigenvalue weighted by molar-refractivity contribution is 5.66. The van der Waals surface area contributed by atoms with Gasteiger partial charge >= 0.3 is 0 Å². The van der Waals surface area contributed by atoms with Crippen molar-refractivity contribution in [3.8, 4) is 5.75 Å². The summed E-state index contributed by atoms with van der Waals surface area (Å²) in [6.07, 6.45) is 3.29. The number of epoxide rings is 1. The molecule has 3 heteroatoms. The fourth-order valence-electron chi connectivity index (χ4n) is 1.77. The number of benzene rings is 1. The maximum absolute atomic E-state index is 9.84. The number of aliphatic hydroxyl groups is 1. The van der Waals surface area contributed by atoms with Crippen molar-refractivity contribution in [3.63, 3.8) is 0 Å². The number of hydrogen-bond acceptors (Lipinski definition) is 3. The van der Waals surface area contributed by atoms with Gasteiger partial charge in [0.2, 0.25) is 5.79 Å². The molecule has 1 aliphatic carbocycles.